The van der Waals surface area contributed by atoms with Gasteiger partial charge in [-0.2, -0.15) is 0 Å². The van der Waals surface area contributed by atoms with Crippen LogP contribution in [0.5, 0.6) is 5.75 Å². The van der Waals surface area contributed by atoms with E-state index in [-0.39, 0.29) is 6.61 Å². The summed E-state index contributed by atoms with van der Waals surface area (Å²) in [5, 5.41) is 8.74. The van der Waals surface area contributed by atoms with Crippen LogP contribution in [0, 0.1) is 17.8 Å². The molecule has 2 rings (SSSR count). The fourth-order valence-electron chi connectivity index (χ4n) is 2.78. The number of rotatable bonds is 4. The molecule has 1 N–H and O–H groups in total. The van der Waals surface area contributed by atoms with Gasteiger partial charge in [0.05, 0.1) is 12.7 Å². The van der Waals surface area contributed by atoms with Crippen LogP contribution in [0.15, 0.2) is 24.3 Å². The number of benzene rings is 1. The van der Waals surface area contributed by atoms with Crippen LogP contribution < -0.4 is 4.74 Å². The third-order valence-corrected chi connectivity index (χ3v) is 3.92. The summed E-state index contributed by atoms with van der Waals surface area (Å²) in [7, 11) is 0. The summed E-state index contributed by atoms with van der Waals surface area (Å²) in [5.41, 5.74) is 0.957. The highest BCUT2D eigenvalue weighted by atomic mass is 16.5. The lowest BCUT2D eigenvalue weighted by Gasteiger charge is -2.29. The summed E-state index contributed by atoms with van der Waals surface area (Å²) in [4.78, 5) is 0. The highest BCUT2D eigenvalue weighted by Crippen LogP contribution is 2.29. The Balaban J connectivity index is 1.96. The lowest BCUT2D eigenvalue weighted by molar-refractivity contribution is 0.122. The number of hydrogen-bond acceptors (Lipinski definition) is 2. The van der Waals surface area contributed by atoms with Crippen LogP contribution in [0.3, 0.4) is 0 Å². The fourth-order valence-corrected chi connectivity index (χ4v) is 2.78. The minimum absolute atomic E-state index is 0.115. The van der Waals surface area contributed by atoms with E-state index in [1.807, 2.05) is 24.3 Å². The SMILES string of the molecule is CCC1CCCC(Oc2cccc(C#CCCO)c2)C1. The van der Waals surface area contributed by atoms with Crippen LogP contribution in [0.2, 0.25) is 0 Å². The van der Waals surface area contributed by atoms with Gasteiger partial charge in [-0.3, -0.25) is 0 Å². The normalized spacial score (nSPS) is 21.9. The maximum atomic E-state index is 8.74. The van der Waals surface area contributed by atoms with Gasteiger partial charge in [0.2, 0.25) is 0 Å². The smallest absolute Gasteiger partial charge is 0.120 e. The van der Waals surface area contributed by atoms with Gasteiger partial charge in [-0.15, -0.1) is 0 Å². The van der Waals surface area contributed by atoms with Gasteiger partial charge in [0, 0.05) is 12.0 Å². The number of aliphatic hydroxyl groups is 1. The Labute approximate surface area is 122 Å². The molecule has 20 heavy (non-hydrogen) atoms. The van der Waals surface area contributed by atoms with Crippen molar-refractivity contribution in [2.24, 2.45) is 5.92 Å². The molecule has 108 valence electrons. The van der Waals surface area contributed by atoms with Crippen LogP contribution in [-0.4, -0.2) is 17.8 Å². The zero-order valence-corrected chi connectivity index (χ0v) is 12.3. The Kier molecular flexibility index (Phi) is 5.95. The molecule has 2 nitrogen and oxygen atoms in total. The van der Waals surface area contributed by atoms with Crippen molar-refractivity contribution in [3.05, 3.63) is 29.8 Å². The Hall–Kier alpha value is -1.46. The molecular formula is C18H24O2. The van der Waals surface area contributed by atoms with E-state index in [1.54, 1.807) is 0 Å². The molecule has 1 aromatic carbocycles. The molecule has 0 saturated heterocycles. The van der Waals surface area contributed by atoms with E-state index < -0.39 is 0 Å². The first-order valence-corrected chi connectivity index (χ1v) is 7.68. The number of hydrogen-bond donors (Lipinski definition) is 1. The summed E-state index contributed by atoms with van der Waals surface area (Å²) in [5.74, 6) is 7.74. The van der Waals surface area contributed by atoms with Gasteiger partial charge in [-0.1, -0.05) is 37.7 Å². The highest BCUT2D eigenvalue weighted by Gasteiger charge is 2.21. The summed E-state index contributed by atoms with van der Waals surface area (Å²) in [6.07, 6.45) is 7.10. The first-order valence-electron chi connectivity index (χ1n) is 7.68. The quantitative estimate of drug-likeness (QED) is 0.845. The van der Waals surface area contributed by atoms with Crippen molar-refractivity contribution in [1.29, 1.82) is 0 Å². The monoisotopic (exact) mass is 272 g/mol. The average molecular weight is 272 g/mol. The predicted molar refractivity (Wildman–Crippen MR) is 81.7 cm³/mol. The Morgan fingerprint density at radius 3 is 3.05 bits per heavy atom. The molecule has 0 bridgehead atoms. The van der Waals surface area contributed by atoms with E-state index in [9.17, 15) is 0 Å². The van der Waals surface area contributed by atoms with Crippen molar-refractivity contribution in [1.82, 2.24) is 0 Å². The van der Waals surface area contributed by atoms with Crippen molar-refractivity contribution in [2.75, 3.05) is 6.61 Å². The maximum absolute atomic E-state index is 8.74. The fraction of sp³-hybridized carbons (Fsp3) is 0.556. The van der Waals surface area contributed by atoms with Crippen molar-refractivity contribution < 1.29 is 9.84 Å². The van der Waals surface area contributed by atoms with E-state index >= 15 is 0 Å². The molecule has 1 fully saturated rings. The van der Waals surface area contributed by atoms with Crippen molar-refractivity contribution >= 4 is 0 Å². The first-order chi connectivity index (χ1) is 9.81. The minimum Gasteiger partial charge on any atom is -0.490 e. The summed E-state index contributed by atoms with van der Waals surface area (Å²) >= 11 is 0. The van der Waals surface area contributed by atoms with Crippen LogP contribution in [-0.2, 0) is 0 Å². The second kappa shape index (κ2) is 7.97. The molecule has 1 aromatic rings. The van der Waals surface area contributed by atoms with Crippen LogP contribution in [0.4, 0.5) is 0 Å². The molecule has 1 saturated carbocycles. The van der Waals surface area contributed by atoms with Crippen LogP contribution in [0.1, 0.15) is 51.0 Å². The molecule has 0 aliphatic heterocycles. The standard InChI is InChI=1S/C18H24O2/c1-2-15-8-5-10-17(13-15)20-18-11-6-9-16(14-18)7-3-4-12-19/h6,9,11,14-15,17,19H,2,4-5,8,10,12-13H2,1H3. The van der Waals surface area contributed by atoms with Gasteiger partial charge in [-0.05, 0) is 43.4 Å². The molecule has 0 radical (unpaired) electrons. The number of ether oxygens (including phenoxy) is 1. The van der Waals surface area contributed by atoms with E-state index in [2.05, 4.69) is 18.8 Å². The molecule has 1 aliphatic rings. The highest BCUT2D eigenvalue weighted by molar-refractivity contribution is 5.39. The summed E-state index contributed by atoms with van der Waals surface area (Å²) < 4.78 is 6.12. The Morgan fingerprint density at radius 2 is 2.25 bits per heavy atom. The Morgan fingerprint density at radius 1 is 1.35 bits per heavy atom. The first kappa shape index (κ1) is 14.9. The summed E-state index contributed by atoms with van der Waals surface area (Å²) in [6, 6.07) is 7.97. The van der Waals surface area contributed by atoms with E-state index in [4.69, 9.17) is 9.84 Å². The van der Waals surface area contributed by atoms with E-state index in [0.29, 0.717) is 12.5 Å². The third-order valence-electron chi connectivity index (χ3n) is 3.92. The molecule has 2 atom stereocenters. The zero-order chi connectivity index (χ0) is 14.2. The number of aliphatic hydroxyl groups excluding tert-OH is 1. The van der Waals surface area contributed by atoms with E-state index in [1.165, 1.54) is 25.7 Å². The second-order valence-electron chi connectivity index (χ2n) is 5.48. The van der Waals surface area contributed by atoms with Gasteiger partial charge in [-0.25, -0.2) is 0 Å². The largest absolute Gasteiger partial charge is 0.490 e. The molecule has 0 spiro atoms. The van der Waals surface area contributed by atoms with Crippen LogP contribution in [0.25, 0.3) is 0 Å². The maximum Gasteiger partial charge on any atom is 0.120 e. The minimum atomic E-state index is 0.115. The topological polar surface area (TPSA) is 29.5 Å². The van der Waals surface area contributed by atoms with Crippen molar-refractivity contribution in [2.45, 2.75) is 51.6 Å². The van der Waals surface area contributed by atoms with Gasteiger partial charge >= 0.3 is 0 Å². The van der Waals surface area contributed by atoms with E-state index in [0.717, 1.165) is 23.7 Å². The molecule has 2 heteroatoms. The summed E-state index contributed by atoms with van der Waals surface area (Å²) in [6.45, 7) is 2.38. The Bertz CT molecular complexity index is 470. The molecular weight excluding hydrogens is 248 g/mol. The van der Waals surface area contributed by atoms with Gasteiger partial charge < -0.3 is 9.84 Å². The second-order valence-corrected chi connectivity index (χ2v) is 5.48. The lowest BCUT2D eigenvalue weighted by atomic mass is 9.85. The third kappa shape index (κ3) is 4.58. The van der Waals surface area contributed by atoms with Crippen LogP contribution >= 0.6 is 0 Å². The zero-order valence-electron chi connectivity index (χ0n) is 12.3. The van der Waals surface area contributed by atoms with Gasteiger partial charge in [0.25, 0.3) is 0 Å². The van der Waals surface area contributed by atoms with Crippen molar-refractivity contribution in [3.63, 3.8) is 0 Å². The molecule has 0 heterocycles. The van der Waals surface area contributed by atoms with Gasteiger partial charge in [0.1, 0.15) is 5.75 Å². The molecule has 2 unspecified atom stereocenters. The molecule has 1 aliphatic carbocycles. The van der Waals surface area contributed by atoms with Gasteiger partial charge in [0.15, 0.2) is 0 Å². The molecule has 0 aromatic heterocycles. The predicted octanol–water partition coefficient (Wildman–Crippen LogP) is 3.77. The lowest BCUT2D eigenvalue weighted by Crippen LogP contribution is -2.25. The molecule has 0 amide bonds. The average Bonchev–Trinajstić information content (AvgIpc) is 2.48. The van der Waals surface area contributed by atoms with Crippen molar-refractivity contribution in [3.8, 4) is 17.6 Å².